The van der Waals surface area contributed by atoms with Crippen LogP contribution in [0.5, 0.6) is 0 Å². The van der Waals surface area contributed by atoms with Gasteiger partial charge in [-0.2, -0.15) is 0 Å². The van der Waals surface area contributed by atoms with Crippen LogP contribution < -0.4 is 5.32 Å². The van der Waals surface area contributed by atoms with Crippen LogP contribution in [0.4, 0.5) is 10.1 Å². The van der Waals surface area contributed by atoms with Crippen molar-refractivity contribution in [2.45, 2.75) is 19.4 Å². The van der Waals surface area contributed by atoms with Crippen LogP contribution in [0.3, 0.4) is 0 Å². The second kappa shape index (κ2) is 5.13. The lowest BCUT2D eigenvalue weighted by Gasteiger charge is -2.15. The summed E-state index contributed by atoms with van der Waals surface area (Å²) in [6.07, 6.45) is -0.688. The van der Waals surface area contributed by atoms with Crippen LogP contribution in [-0.4, -0.2) is 11.0 Å². The number of aliphatic hydroxyl groups is 1. The molecule has 21 heavy (non-hydrogen) atoms. The fraction of sp³-hybridized carbons (Fsp3) is 0.188. The molecule has 108 valence electrons. The largest absolute Gasteiger partial charge is 0.384 e. The Hall–Kier alpha value is -1.91. The maximum absolute atomic E-state index is 13.3. The van der Waals surface area contributed by atoms with Gasteiger partial charge in [-0.05, 0) is 41.8 Å². The third-order valence-electron chi connectivity index (χ3n) is 3.64. The predicted octanol–water partition coefficient (Wildman–Crippen LogP) is 3.36. The third kappa shape index (κ3) is 2.52. The van der Waals surface area contributed by atoms with E-state index in [1.807, 2.05) is 0 Å². The zero-order valence-electron chi connectivity index (χ0n) is 11.3. The van der Waals surface area contributed by atoms with Crippen molar-refractivity contribution in [3.05, 3.63) is 63.4 Å². The highest BCUT2D eigenvalue weighted by Crippen LogP contribution is 2.35. The number of hydrogen-bond acceptors (Lipinski definition) is 2. The molecule has 0 bridgehead atoms. The number of benzene rings is 2. The number of carbonyl (C=O) groups is 1. The van der Waals surface area contributed by atoms with Gasteiger partial charge < -0.3 is 10.4 Å². The van der Waals surface area contributed by atoms with Gasteiger partial charge in [-0.15, -0.1) is 0 Å². The van der Waals surface area contributed by atoms with E-state index in [0.29, 0.717) is 27.4 Å². The lowest BCUT2D eigenvalue weighted by atomic mass is 9.97. The number of anilines is 1. The lowest BCUT2D eigenvalue weighted by Crippen LogP contribution is -2.03. The van der Waals surface area contributed by atoms with Crippen molar-refractivity contribution < 1.29 is 14.3 Å². The molecular formula is C16H13ClFNO2. The summed E-state index contributed by atoms with van der Waals surface area (Å²) in [5.41, 5.74) is 3.01. The number of hydrogen-bond donors (Lipinski definition) is 2. The minimum Gasteiger partial charge on any atom is -0.384 e. The Morgan fingerprint density at radius 1 is 1.33 bits per heavy atom. The van der Waals surface area contributed by atoms with Crippen LogP contribution in [0, 0.1) is 12.7 Å². The summed E-state index contributed by atoms with van der Waals surface area (Å²) in [7, 11) is 0. The van der Waals surface area contributed by atoms with Crippen molar-refractivity contribution in [2.24, 2.45) is 0 Å². The molecule has 1 unspecified atom stereocenters. The molecule has 1 amide bonds. The molecule has 0 aromatic heterocycles. The quantitative estimate of drug-likeness (QED) is 0.894. The first-order chi connectivity index (χ1) is 9.95. The molecule has 0 saturated heterocycles. The van der Waals surface area contributed by atoms with Crippen LogP contribution in [0.25, 0.3) is 0 Å². The standard InChI is InChI=1S/C16H13ClFNO2/c1-8-4-9(2-3-13(8)18)16(21)11-5-10-6-15(20)19-14(10)7-12(11)17/h2-5,7,16,21H,6H2,1H3,(H,19,20). The Kier molecular flexibility index (Phi) is 3.43. The number of halogens is 2. The van der Waals surface area contributed by atoms with E-state index in [1.165, 1.54) is 12.1 Å². The molecule has 1 heterocycles. The second-order valence-electron chi connectivity index (χ2n) is 5.17. The number of carbonyl (C=O) groups excluding carboxylic acids is 1. The fourth-order valence-electron chi connectivity index (χ4n) is 2.49. The molecule has 2 aromatic carbocycles. The molecule has 1 aliphatic rings. The molecule has 3 rings (SSSR count). The van der Waals surface area contributed by atoms with Crippen molar-refractivity contribution in [1.29, 1.82) is 0 Å². The Balaban J connectivity index is 2.02. The zero-order valence-corrected chi connectivity index (χ0v) is 12.0. The van der Waals surface area contributed by atoms with Crippen LogP contribution >= 0.6 is 11.6 Å². The molecule has 2 aromatic rings. The molecule has 1 aliphatic heterocycles. The van der Waals surface area contributed by atoms with E-state index in [9.17, 15) is 14.3 Å². The van der Waals surface area contributed by atoms with Gasteiger partial charge in [-0.25, -0.2) is 4.39 Å². The van der Waals surface area contributed by atoms with Crippen LogP contribution in [0.2, 0.25) is 5.02 Å². The SMILES string of the molecule is Cc1cc(C(O)c2cc3c(cc2Cl)NC(=O)C3)ccc1F. The Bertz CT molecular complexity index is 745. The van der Waals surface area contributed by atoms with Gasteiger partial charge in [-0.1, -0.05) is 23.7 Å². The van der Waals surface area contributed by atoms with Crippen LogP contribution in [-0.2, 0) is 11.2 Å². The molecule has 0 fully saturated rings. The Morgan fingerprint density at radius 3 is 2.81 bits per heavy atom. The van der Waals surface area contributed by atoms with E-state index < -0.39 is 6.10 Å². The van der Waals surface area contributed by atoms with Gasteiger partial charge >= 0.3 is 0 Å². The molecule has 0 saturated carbocycles. The molecule has 0 aliphatic carbocycles. The summed E-state index contributed by atoms with van der Waals surface area (Å²) in [5.74, 6) is -0.411. The number of rotatable bonds is 2. The van der Waals surface area contributed by atoms with E-state index in [2.05, 4.69) is 5.32 Å². The summed E-state index contributed by atoms with van der Waals surface area (Å²) in [5, 5.41) is 13.5. The monoisotopic (exact) mass is 305 g/mol. The van der Waals surface area contributed by atoms with E-state index in [4.69, 9.17) is 11.6 Å². The zero-order chi connectivity index (χ0) is 15.1. The minimum absolute atomic E-state index is 0.0923. The highest BCUT2D eigenvalue weighted by atomic mass is 35.5. The highest BCUT2D eigenvalue weighted by Gasteiger charge is 2.23. The summed E-state index contributed by atoms with van der Waals surface area (Å²) >= 11 is 6.19. The number of aliphatic hydroxyl groups excluding tert-OH is 1. The van der Waals surface area contributed by atoms with Crippen molar-refractivity contribution in [1.82, 2.24) is 0 Å². The van der Waals surface area contributed by atoms with Crippen molar-refractivity contribution >= 4 is 23.2 Å². The van der Waals surface area contributed by atoms with Gasteiger partial charge in [0.1, 0.15) is 11.9 Å². The smallest absolute Gasteiger partial charge is 0.228 e. The van der Waals surface area contributed by atoms with E-state index in [-0.39, 0.29) is 18.1 Å². The average molecular weight is 306 g/mol. The highest BCUT2D eigenvalue weighted by molar-refractivity contribution is 6.32. The second-order valence-corrected chi connectivity index (χ2v) is 5.57. The summed E-state index contributed by atoms with van der Waals surface area (Å²) in [6.45, 7) is 1.64. The van der Waals surface area contributed by atoms with Gasteiger partial charge in [-0.3, -0.25) is 4.79 Å². The summed E-state index contributed by atoms with van der Waals surface area (Å²) < 4.78 is 13.3. The van der Waals surface area contributed by atoms with E-state index in [0.717, 1.165) is 5.56 Å². The van der Waals surface area contributed by atoms with Gasteiger partial charge in [0.25, 0.3) is 0 Å². The first-order valence-electron chi connectivity index (χ1n) is 6.52. The topological polar surface area (TPSA) is 49.3 Å². The first kappa shape index (κ1) is 14.0. The fourth-order valence-corrected chi connectivity index (χ4v) is 2.76. The van der Waals surface area contributed by atoms with E-state index >= 15 is 0 Å². The Morgan fingerprint density at radius 2 is 2.10 bits per heavy atom. The van der Waals surface area contributed by atoms with Crippen LogP contribution in [0.1, 0.15) is 28.4 Å². The molecule has 3 nitrogen and oxygen atoms in total. The number of fused-ring (bicyclic) bond motifs is 1. The van der Waals surface area contributed by atoms with Gasteiger partial charge in [0.2, 0.25) is 5.91 Å². The maximum atomic E-state index is 13.3. The molecule has 0 spiro atoms. The van der Waals surface area contributed by atoms with Crippen molar-refractivity contribution in [2.75, 3.05) is 5.32 Å². The Labute approximate surface area is 126 Å². The van der Waals surface area contributed by atoms with Crippen molar-refractivity contribution in [3.8, 4) is 0 Å². The van der Waals surface area contributed by atoms with Crippen LogP contribution in [0.15, 0.2) is 30.3 Å². The summed E-state index contributed by atoms with van der Waals surface area (Å²) in [6, 6.07) is 7.79. The van der Waals surface area contributed by atoms with Gasteiger partial charge in [0.15, 0.2) is 0 Å². The van der Waals surface area contributed by atoms with Gasteiger partial charge in [0, 0.05) is 16.3 Å². The molecule has 1 atom stereocenters. The molecule has 2 N–H and O–H groups in total. The molecule has 5 heteroatoms. The summed E-state index contributed by atoms with van der Waals surface area (Å²) in [4.78, 5) is 11.4. The predicted molar refractivity (Wildman–Crippen MR) is 79.0 cm³/mol. The number of aryl methyl sites for hydroxylation is 1. The first-order valence-corrected chi connectivity index (χ1v) is 6.90. The third-order valence-corrected chi connectivity index (χ3v) is 3.97. The number of nitrogens with one attached hydrogen (secondary N) is 1. The molecular weight excluding hydrogens is 293 g/mol. The normalized spacial score (nSPS) is 14.8. The lowest BCUT2D eigenvalue weighted by molar-refractivity contribution is -0.115. The number of amides is 1. The average Bonchev–Trinajstić information content (AvgIpc) is 2.79. The van der Waals surface area contributed by atoms with E-state index in [1.54, 1.807) is 25.1 Å². The maximum Gasteiger partial charge on any atom is 0.228 e. The van der Waals surface area contributed by atoms with Crippen molar-refractivity contribution in [3.63, 3.8) is 0 Å². The minimum atomic E-state index is -0.960. The molecule has 0 radical (unpaired) electrons. The van der Waals surface area contributed by atoms with Gasteiger partial charge in [0.05, 0.1) is 6.42 Å².